The maximum Gasteiger partial charge on any atom is 0.137 e. The Kier molecular flexibility index (Phi) is 6.03. The molecule has 0 atom stereocenters. The van der Waals surface area contributed by atoms with Crippen LogP contribution in [0.4, 0.5) is 8.78 Å². The van der Waals surface area contributed by atoms with Crippen molar-refractivity contribution in [3.63, 3.8) is 0 Å². The molecule has 0 radical (unpaired) electrons. The van der Waals surface area contributed by atoms with E-state index in [9.17, 15) is 8.78 Å². The van der Waals surface area contributed by atoms with Crippen molar-refractivity contribution in [1.82, 2.24) is 0 Å². The second kappa shape index (κ2) is 7.28. The molecule has 48 valence electrons. The summed E-state index contributed by atoms with van der Waals surface area (Å²) in [5.74, 6) is 0. The number of rotatable bonds is 0. The van der Waals surface area contributed by atoms with Gasteiger partial charge in [0.05, 0.1) is 0 Å². The van der Waals surface area contributed by atoms with Crippen LogP contribution < -0.4 is 0 Å². The molecule has 0 aliphatic heterocycles. The van der Waals surface area contributed by atoms with Gasteiger partial charge >= 0.3 is 0 Å². The summed E-state index contributed by atoms with van der Waals surface area (Å²) in [4.78, 5) is 0. The molecule has 2 heteroatoms. The molecule has 0 unspecified atom stereocenters. The zero-order chi connectivity index (χ0) is 7.66. The van der Waals surface area contributed by atoms with Crippen molar-refractivity contribution in [1.29, 1.82) is 0 Å². The molecule has 0 aliphatic carbocycles. The fourth-order valence-corrected chi connectivity index (χ4v) is 0.189. The second-order valence-electron chi connectivity index (χ2n) is 1.01. The van der Waals surface area contributed by atoms with Crippen LogP contribution in [0.2, 0.25) is 0 Å². The minimum absolute atomic E-state index is 0.170. The Bertz CT molecular complexity index is 280. The first-order chi connectivity index (χ1) is 4.91. The van der Waals surface area contributed by atoms with E-state index in [0.717, 1.165) is 0 Å². The van der Waals surface area contributed by atoms with Crippen LogP contribution in [0.25, 0.3) is 0 Å². The average molecular weight is 136 g/mol. The molecule has 0 saturated heterocycles. The molecular weight excluding hydrogens is 134 g/mol. The zero-order valence-electron chi connectivity index (χ0n) is 4.91. The molecule has 0 aromatic rings. The zero-order valence-corrected chi connectivity index (χ0v) is 4.91. The number of hydrogen-bond acceptors (Lipinski definition) is 0. The van der Waals surface area contributed by atoms with Crippen LogP contribution in [-0.2, 0) is 0 Å². The van der Waals surface area contributed by atoms with Crippen LogP contribution in [0.1, 0.15) is 0 Å². The average Bonchev–Trinajstić information content (AvgIpc) is 1.97. The van der Waals surface area contributed by atoms with Gasteiger partial charge in [0.1, 0.15) is 12.7 Å². The van der Waals surface area contributed by atoms with Gasteiger partial charge < -0.3 is 0 Å². The highest BCUT2D eigenvalue weighted by Crippen LogP contribution is 1.62. The Morgan fingerprint density at radius 3 is 1.40 bits per heavy atom. The Labute approximate surface area is 56.8 Å². The van der Waals surface area contributed by atoms with Crippen LogP contribution >= 0.6 is 0 Å². The van der Waals surface area contributed by atoms with Crippen molar-refractivity contribution < 1.29 is 8.78 Å². The molecule has 0 bridgehead atoms. The standard InChI is InChI=1S/C8H2F2/c9-7-5-3-1-2-4-6-8-10/h7-8H. The molecule has 0 fully saturated rings. The van der Waals surface area contributed by atoms with Crippen LogP contribution in [0.3, 0.4) is 0 Å². The van der Waals surface area contributed by atoms with Crippen molar-refractivity contribution in [3.05, 3.63) is 47.0 Å². The first-order valence-corrected chi connectivity index (χ1v) is 2.26. The van der Waals surface area contributed by atoms with E-state index in [1.165, 1.54) is 0 Å². The maximum atomic E-state index is 11.1. The lowest BCUT2D eigenvalue weighted by Crippen LogP contribution is -1.24. The van der Waals surface area contributed by atoms with Gasteiger partial charge in [0.2, 0.25) is 0 Å². The van der Waals surface area contributed by atoms with Crippen molar-refractivity contribution in [2.45, 2.75) is 0 Å². The van der Waals surface area contributed by atoms with Crippen molar-refractivity contribution in [2.75, 3.05) is 0 Å². The third-order valence-corrected chi connectivity index (χ3v) is 0.441. The molecule has 0 saturated carbocycles. The Morgan fingerprint density at radius 2 is 1.10 bits per heavy atom. The summed E-state index contributed by atoms with van der Waals surface area (Å²) in [5.41, 5.74) is 12.5. The lowest BCUT2D eigenvalue weighted by atomic mass is 10.7. The lowest BCUT2D eigenvalue weighted by Gasteiger charge is -1.42. The maximum absolute atomic E-state index is 11.1. The van der Waals surface area contributed by atoms with E-state index in [1.54, 1.807) is 0 Å². The quantitative estimate of drug-likeness (QED) is 0.448. The lowest BCUT2D eigenvalue weighted by molar-refractivity contribution is 0.723. The van der Waals surface area contributed by atoms with Gasteiger partial charge in [-0.25, -0.2) is 8.78 Å². The molecule has 0 amide bonds. The third kappa shape index (κ3) is 6.28. The van der Waals surface area contributed by atoms with Gasteiger partial charge in [0, 0.05) is 0 Å². The molecule has 0 rings (SSSR count). The van der Waals surface area contributed by atoms with Gasteiger partial charge in [-0.3, -0.25) is 0 Å². The predicted molar refractivity (Wildman–Crippen MR) is 32.4 cm³/mol. The molecule has 0 nitrogen and oxygen atoms in total. The molecule has 0 spiro atoms. The van der Waals surface area contributed by atoms with Crippen LogP contribution in [-0.4, -0.2) is 0 Å². The monoisotopic (exact) mass is 136 g/mol. The van der Waals surface area contributed by atoms with Gasteiger partial charge in [0.15, 0.2) is 0 Å². The van der Waals surface area contributed by atoms with Gasteiger partial charge in [-0.1, -0.05) is 0 Å². The van der Waals surface area contributed by atoms with E-state index < -0.39 is 0 Å². The summed E-state index contributed by atoms with van der Waals surface area (Å²) in [6.07, 6.45) is 0.340. The smallest absolute Gasteiger partial charge is 0.137 e. The van der Waals surface area contributed by atoms with E-state index in [2.05, 4.69) is 22.9 Å². The van der Waals surface area contributed by atoms with E-state index in [4.69, 9.17) is 0 Å². The molecule has 0 aromatic heterocycles. The summed E-state index contributed by atoms with van der Waals surface area (Å²) in [6, 6.07) is 0. The molecular formula is C8H2F2. The number of halogens is 2. The minimum Gasteiger partial charge on any atom is -0.206 e. The summed E-state index contributed by atoms with van der Waals surface area (Å²) in [6.45, 7) is 0. The third-order valence-electron chi connectivity index (χ3n) is 0.441. The highest BCUT2D eigenvalue weighted by Gasteiger charge is 1.42. The van der Waals surface area contributed by atoms with Crippen molar-refractivity contribution in [2.24, 2.45) is 0 Å². The van der Waals surface area contributed by atoms with E-state index >= 15 is 0 Å². The van der Waals surface area contributed by atoms with Crippen LogP contribution in [0.5, 0.6) is 0 Å². The fourth-order valence-electron chi connectivity index (χ4n) is 0.189. The topological polar surface area (TPSA) is 0 Å². The molecule has 10 heavy (non-hydrogen) atoms. The minimum atomic E-state index is 0.170. The molecule has 0 aromatic carbocycles. The molecule has 0 heterocycles. The largest absolute Gasteiger partial charge is 0.206 e. The predicted octanol–water partition coefficient (Wildman–Crippen LogP) is 2.33. The Morgan fingerprint density at radius 1 is 0.700 bits per heavy atom. The van der Waals surface area contributed by atoms with E-state index in [1.807, 2.05) is 11.5 Å². The summed E-state index contributed by atoms with van der Waals surface area (Å²) in [7, 11) is 0. The van der Waals surface area contributed by atoms with Crippen molar-refractivity contribution >= 4 is 0 Å². The van der Waals surface area contributed by atoms with Gasteiger partial charge in [0.25, 0.3) is 0 Å². The Balaban J connectivity index is 4.90. The Hall–Kier alpha value is -1.72. The second-order valence-corrected chi connectivity index (χ2v) is 1.01. The van der Waals surface area contributed by atoms with Crippen molar-refractivity contribution in [3.8, 4) is 0 Å². The fraction of sp³-hybridized carbons (Fsp3) is 0. The summed E-state index contributed by atoms with van der Waals surface area (Å²) >= 11 is 0. The van der Waals surface area contributed by atoms with Gasteiger partial charge in [-0.15, -0.1) is 0 Å². The normalized spacial score (nSPS) is 4.60. The molecule has 0 N–H and O–H groups in total. The van der Waals surface area contributed by atoms with Gasteiger partial charge in [-0.05, 0) is 34.4 Å². The first kappa shape index (κ1) is 8.28. The highest BCUT2D eigenvalue weighted by molar-refractivity contribution is 4.87. The van der Waals surface area contributed by atoms with Crippen LogP contribution in [0.15, 0.2) is 47.0 Å². The summed E-state index contributed by atoms with van der Waals surface area (Å²) in [5, 5.41) is 0. The van der Waals surface area contributed by atoms with E-state index in [-0.39, 0.29) is 12.7 Å². The number of hydrogen-bond donors (Lipinski definition) is 0. The first-order valence-electron chi connectivity index (χ1n) is 2.26. The summed E-state index contributed by atoms with van der Waals surface area (Å²) < 4.78 is 22.2. The molecule has 0 aliphatic rings. The highest BCUT2D eigenvalue weighted by atomic mass is 19.1. The van der Waals surface area contributed by atoms with Crippen LogP contribution in [0, 0.1) is 0 Å². The SMILES string of the molecule is FC=C=C=C=C=C=C=CF. The van der Waals surface area contributed by atoms with E-state index in [0.29, 0.717) is 0 Å². The van der Waals surface area contributed by atoms with Gasteiger partial charge in [-0.2, -0.15) is 0 Å².